The van der Waals surface area contributed by atoms with Crippen LogP contribution in [0.15, 0.2) is 15.9 Å². The topological polar surface area (TPSA) is 51.8 Å². The van der Waals surface area contributed by atoms with Crippen molar-refractivity contribution in [2.24, 2.45) is 0 Å². The molecule has 0 saturated carbocycles. The number of nitrogens with zero attached hydrogens (tertiary/aromatic N) is 2. The maximum Gasteiger partial charge on any atom is 0.200 e. The fourth-order valence-electron chi connectivity index (χ4n) is 0.766. The molecule has 12 heavy (non-hydrogen) atoms. The average Bonchev–Trinajstić information content (AvgIpc) is 2.58. The molecule has 0 spiro atoms. The summed E-state index contributed by atoms with van der Waals surface area (Å²) in [6, 6.07) is 1.98. The van der Waals surface area contributed by atoms with Crippen molar-refractivity contribution in [1.82, 2.24) is 9.36 Å². The van der Waals surface area contributed by atoms with Gasteiger partial charge in [-0.2, -0.15) is 9.36 Å². The van der Waals surface area contributed by atoms with E-state index in [1.54, 1.807) is 11.3 Å². The Labute approximate surface area is 85.6 Å². The van der Waals surface area contributed by atoms with E-state index in [0.29, 0.717) is 11.0 Å². The first kappa shape index (κ1) is 8.15. The van der Waals surface area contributed by atoms with Crippen molar-refractivity contribution >= 4 is 43.9 Å². The lowest BCUT2D eigenvalue weighted by Gasteiger charge is -1.83. The van der Waals surface area contributed by atoms with E-state index in [0.717, 1.165) is 9.35 Å². The van der Waals surface area contributed by atoms with Gasteiger partial charge in [0.2, 0.25) is 0 Å². The summed E-state index contributed by atoms with van der Waals surface area (Å²) in [7, 11) is 0. The predicted molar refractivity (Wildman–Crippen MR) is 55.3 cm³/mol. The van der Waals surface area contributed by atoms with Crippen molar-refractivity contribution in [3.8, 4) is 10.7 Å². The van der Waals surface area contributed by atoms with Crippen LogP contribution in [-0.4, -0.2) is 9.36 Å². The summed E-state index contributed by atoms with van der Waals surface area (Å²) in [6.07, 6.45) is 0. The maximum absolute atomic E-state index is 5.46. The second-order valence-electron chi connectivity index (χ2n) is 2.09. The zero-order chi connectivity index (χ0) is 8.55. The molecule has 2 aromatic heterocycles. The van der Waals surface area contributed by atoms with E-state index < -0.39 is 0 Å². The number of thiophene rings is 1. The number of halogens is 1. The molecule has 0 amide bonds. The summed E-state index contributed by atoms with van der Waals surface area (Å²) >= 11 is 6.17. The van der Waals surface area contributed by atoms with E-state index >= 15 is 0 Å². The lowest BCUT2D eigenvalue weighted by molar-refractivity contribution is 1.35. The lowest BCUT2D eigenvalue weighted by atomic mass is 10.4. The van der Waals surface area contributed by atoms with E-state index in [1.807, 2.05) is 11.4 Å². The van der Waals surface area contributed by atoms with Gasteiger partial charge in [-0.25, -0.2) is 0 Å². The Morgan fingerprint density at radius 2 is 2.33 bits per heavy atom. The normalized spacial score (nSPS) is 10.4. The van der Waals surface area contributed by atoms with Crippen LogP contribution in [0.25, 0.3) is 10.7 Å². The van der Waals surface area contributed by atoms with Crippen LogP contribution in [0.5, 0.6) is 0 Å². The highest BCUT2D eigenvalue weighted by molar-refractivity contribution is 9.10. The molecule has 2 rings (SSSR count). The third-order valence-electron chi connectivity index (χ3n) is 1.23. The first-order valence-corrected chi connectivity index (χ1v) is 5.54. The molecule has 0 unspecified atom stereocenters. The Balaban J connectivity index is 2.43. The molecule has 2 N–H and O–H groups in total. The lowest BCUT2D eigenvalue weighted by Crippen LogP contribution is -1.81. The van der Waals surface area contributed by atoms with Gasteiger partial charge in [0.25, 0.3) is 0 Å². The molecule has 2 aromatic rings. The first-order chi connectivity index (χ1) is 5.75. The molecule has 0 radical (unpaired) electrons. The minimum absolute atomic E-state index is 0.509. The molecule has 0 aliphatic carbocycles. The van der Waals surface area contributed by atoms with E-state index in [2.05, 4.69) is 25.3 Å². The zero-order valence-corrected chi connectivity index (χ0v) is 9.04. The standard InChI is InChI=1S/C6H4BrN3S2/c7-3-1-4(11-2-3)5-9-6(8)12-10-5/h1-2H,(H2,8,9,10). The van der Waals surface area contributed by atoms with Gasteiger partial charge in [-0.15, -0.1) is 11.3 Å². The molecule has 62 valence electrons. The van der Waals surface area contributed by atoms with Crippen LogP contribution >= 0.6 is 38.8 Å². The van der Waals surface area contributed by atoms with Crippen LogP contribution < -0.4 is 5.73 Å². The second-order valence-corrected chi connectivity index (χ2v) is 4.70. The smallest absolute Gasteiger partial charge is 0.200 e. The SMILES string of the molecule is Nc1nc(-c2cc(Br)cs2)ns1. The van der Waals surface area contributed by atoms with Crippen LogP contribution in [0.3, 0.4) is 0 Å². The molecule has 0 fully saturated rings. The van der Waals surface area contributed by atoms with Gasteiger partial charge in [-0.1, -0.05) is 0 Å². The highest BCUT2D eigenvalue weighted by atomic mass is 79.9. The number of hydrogen-bond donors (Lipinski definition) is 1. The Morgan fingerprint density at radius 1 is 1.50 bits per heavy atom. The van der Waals surface area contributed by atoms with Gasteiger partial charge >= 0.3 is 0 Å². The number of hydrogen-bond acceptors (Lipinski definition) is 5. The minimum Gasteiger partial charge on any atom is -0.374 e. The van der Waals surface area contributed by atoms with Crippen molar-refractivity contribution in [2.75, 3.05) is 5.73 Å². The highest BCUT2D eigenvalue weighted by Gasteiger charge is 2.06. The van der Waals surface area contributed by atoms with Gasteiger partial charge in [0, 0.05) is 21.4 Å². The molecular weight excluding hydrogens is 258 g/mol. The summed E-state index contributed by atoms with van der Waals surface area (Å²) in [6.45, 7) is 0. The minimum atomic E-state index is 0.509. The number of nitrogens with two attached hydrogens (primary N) is 1. The van der Waals surface area contributed by atoms with Crippen LogP contribution in [0.2, 0.25) is 0 Å². The zero-order valence-electron chi connectivity index (χ0n) is 5.82. The Kier molecular flexibility index (Phi) is 2.12. The Morgan fingerprint density at radius 3 is 2.83 bits per heavy atom. The van der Waals surface area contributed by atoms with Gasteiger partial charge in [0.05, 0.1) is 4.88 Å². The molecule has 2 heterocycles. The van der Waals surface area contributed by atoms with Gasteiger partial charge in [0.15, 0.2) is 11.0 Å². The monoisotopic (exact) mass is 261 g/mol. The molecule has 0 aromatic carbocycles. The van der Waals surface area contributed by atoms with Crippen molar-refractivity contribution < 1.29 is 0 Å². The van der Waals surface area contributed by atoms with Crippen molar-refractivity contribution in [1.29, 1.82) is 0 Å². The molecule has 0 aliphatic rings. The van der Waals surface area contributed by atoms with Gasteiger partial charge in [0.1, 0.15) is 0 Å². The van der Waals surface area contributed by atoms with Crippen LogP contribution in [0.4, 0.5) is 5.13 Å². The number of rotatable bonds is 1. The third kappa shape index (κ3) is 1.50. The summed E-state index contributed by atoms with van der Waals surface area (Å²) < 4.78 is 5.15. The maximum atomic E-state index is 5.46. The molecule has 0 aliphatic heterocycles. The average molecular weight is 262 g/mol. The number of nitrogen functional groups attached to an aromatic ring is 1. The summed E-state index contributed by atoms with van der Waals surface area (Å²) in [4.78, 5) is 5.11. The Hall–Kier alpha value is -0.460. The van der Waals surface area contributed by atoms with E-state index in [-0.39, 0.29) is 0 Å². The predicted octanol–water partition coefficient (Wildman–Crippen LogP) is 2.61. The molecule has 3 nitrogen and oxygen atoms in total. The number of anilines is 1. The number of aromatic nitrogens is 2. The molecular formula is C6H4BrN3S2. The molecule has 0 saturated heterocycles. The van der Waals surface area contributed by atoms with Gasteiger partial charge < -0.3 is 5.73 Å². The third-order valence-corrected chi connectivity index (χ3v) is 3.46. The van der Waals surface area contributed by atoms with Crippen molar-refractivity contribution in [3.05, 3.63) is 15.9 Å². The van der Waals surface area contributed by atoms with E-state index in [4.69, 9.17) is 5.73 Å². The van der Waals surface area contributed by atoms with Crippen molar-refractivity contribution in [2.45, 2.75) is 0 Å². The van der Waals surface area contributed by atoms with Gasteiger partial charge in [-0.05, 0) is 22.0 Å². The van der Waals surface area contributed by atoms with Crippen LogP contribution in [-0.2, 0) is 0 Å². The van der Waals surface area contributed by atoms with E-state index in [9.17, 15) is 0 Å². The highest BCUT2D eigenvalue weighted by Crippen LogP contribution is 2.28. The second kappa shape index (κ2) is 3.12. The van der Waals surface area contributed by atoms with Gasteiger partial charge in [-0.3, -0.25) is 0 Å². The van der Waals surface area contributed by atoms with Crippen LogP contribution in [0, 0.1) is 0 Å². The van der Waals surface area contributed by atoms with E-state index in [1.165, 1.54) is 11.5 Å². The molecule has 6 heteroatoms. The molecule has 0 atom stereocenters. The first-order valence-electron chi connectivity index (χ1n) is 3.09. The summed E-state index contributed by atoms with van der Waals surface area (Å²) in [5, 5.41) is 2.50. The summed E-state index contributed by atoms with van der Waals surface area (Å²) in [5.41, 5.74) is 5.46. The quantitative estimate of drug-likeness (QED) is 0.859. The fraction of sp³-hybridized carbons (Fsp3) is 0. The Bertz CT molecular complexity index is 357. The fourth-order valence-corrected chi connectivity index (χ4v) is 2.63. The van der Waals surface area contributed by atoms with Crippen LogP contribution in [0.1, 0.15) is 0 Å². The largest absolute Gasteiger partial charge is 0.374 e. The van der Waals surface area contributed by atoms with Crippen molar-refractivity contribution in [3.63, 3.8) is 0 Å². The summed E-state index contributed by atoms with van der Waals surface area (Å²) in [5.74, 6) is 0.716. The molecule has 0 bridgehead atoms.